The predicted molar refractivity (Wildman–Crippen MR) is 114 cm³/mol. The molecule has 0 aromatic heterocycles. The van der Waals surface area contributed by atoms with E-state index in [1.165, 1.54) is 4.90 Å². The van der Waals surface area contributed by atoms with E-state index in [4.69, 9.17) is 10.5 Å². The van der Waals surface area contributed by atoms with Gasteiger partial charge in [0.1, 0.15) is 5.75 Å². The zero-order valence-corrected chi connectivity index (χ0v) is 17.2. The van der Waals surface area contributed by atoms with Crippen molar-refractivity contribution in [2.75, 3.05) is 27.2 Å². The highest BCUT2D eigenvalue weighted by Crippen LogP contribution is 2.43. The van der Waals surface area contributed by atoms with Crippen LogP contribution in [0, 0.1) is 5.92 Å². The molecular formula is C23H26N4O3. The highest BCUT2D eigenvalue weighted by molar-refractivity contribution is 6.07. The summed E-state index contributed by atoms with van der Waals surface area (Å²) in [5.74, 6) is 0.462. The molecule has 2 amide bonds. The molecule has 0 spiro atoms. The van der Waals surface area contributed by atoms with E-state index in [-0.39, 0.29) is 23.7 Å². The van der Waals surface area contributed by atoms with Gasteiger partial charge in [0, 0.05) is 31.6 Å². The third-order valence-corrected chi connectivity index (χ3v) is 6.10. The summed E-state index contributed by atoms with van der Waals surface area (Å²) in [7, 11) is 3.22. The number of rotatable bonds is 4. The Kier molecular flexibility index (Phi) is 5.20. The van der Waals surface area contributed by atoms with Gasteiger partial charge in [0.15, 0.2) is 11.5 Å². The molecule has 2 aromatic rings. The molecule has 30 heavy (non-hydrogen) atoms. The van der Waals surface area contributed by atoms with Gasteiger partial charge in [-0.05, 0) is 36.6 Å². The van der Waals surface area contributed by atoms with Crippen LogP contribution in [0.4, 0.5) is 0 Å². The predicted octanol–water partition coefficient (Wildman–Crippen LogP) is 2.23. The highest BCUT2D eigenvalue weighted by Gasteiger charge is 2.54. The van der Waals surface area contributed by atoms with Gasteiger partial charge in [0.05, 0.1) is 7.11 Å². The first-order chi connectivity index (χ1) is 14.5. The molecule has 0 aliphatic carbocycles. The maximum Gasteiger partial charge on any atom is 0.262 e. The van der Waals surface area contributed by atoms with Crippen molar-refractivity contribution in [3.8, 4) is 5.75 Å². The molecule has 2 N–H and O–H groups in total. The molecule has 7 nitrogen and oxygen atoms in total. The van der Waals surface area contributed by atoms with Crippen molar-refractivity contribution < 1.29 is 14.3 Å². The number of hydrogen-bond donors (Lipinski definition) is 1. The molecule has 1 fully saturated rings. The minimum Gasteiger partial charge on any atom is -0.497 e. The van der Waals surface area contributed by atoms with Crippen LogP contribution in [0.3, 0.4) is 0 Å². The summed E-state index contributed by atoms with van der Waals surface area (Å²) in [6.07, 6.45) is 1.58. The fourth-order valence-corrected chi connectivity index (χ4v) is 4.49. The van der Waals surface area contributed by atoms with Gasteiger partial charge in [-0.15, -0.1) is 0 Å². The van der Waals surface area contributed by atoms with Gasteiger partial charge < -0.3 is 15.4 Å². The second kappa shape index (κ2) is 7.82. The fourth-order valence-electron chi connectivity index (χ4n) is 4.49. The smallest absolute Gasteiger partial charge is 0.262 e. The number of ether oxygens (including phenoxy) is 1. The van der Waals surface area contributed by atoms with Crippen LogP contribution in [-0.2, 0) is 10.3 Å². The van der Waals surface area contributed by atoms with E-state index in [0.29, 0.717) is 24.4 Å². The van der Waals surface area contributed by atoms with Crippen LogP contribution in [-0.4, -0.2) is 54.8 Å². The van der Waals surface area contributed by atoms with E-state index < -0.39 is 5.54 Å². The summed E-state index contributed by atoms with van der Waals surface area (Å²) >= 11 is 0. The average molecular weight is 406 g/mol. The minimum atomic E-state index is -1.10. The number of guanidine groups is 1. The van der Waals surface area contributed by atoms with E-state index in [0.717, 1.165) is 18.4 Å². The van der Waals surface area contributed by atoms with Crippen LogP contribution in [0.15, 0.2) is 59.6 Å². The van der Waals surface area contributed by atoms with Crippen molar-refractivity contribution in [2.45, 2.75) is 18.4 Å². The zero-order valence-electron chi connectivity index (χ0n) is 17.2. The summed E-state index contributed by atoms with van der Waals surface area (Å²) in [4.78, 5) is 34.5. The first-order valence-corrected chi connectivity index (χ1v) is 10.1. The highest BCUT2D eigenvalue weighted by atomic mass is 16.5. The van der Waals surface area contributed by atoms with E-state index in [1.54, 1.807) is 32.4 Å². The van der Waals surface area contributed by atoms with Crippen molar-refractivity contribution in [1.29, 1.82) is 0 Å². The molecule has 0 radical (unpaired) electrons. The number of piperidine rings is 1. The van der Waals surface area contributed by atoms with Crippen LogP contribution in [0.1, 0.15) is 28.8 Å². The SMILES string of the molecule is COc1cccc(C(=O)N2CCCC(C3(c4ccccc4)N=C(N)N(C)C3=O)C2)c1. The number of carbonyl (C=O) groups is 2. The standard InChI is InChI=1S/C23H26N4O3/c1-26-21(29)23(25-22(26)24,17-9-4-3-5-10-17)18-11-7-13-27(15-18)20(28)16-8-6-12-19(14-16)30-2/h3-6,8-10,12,14,18H,7,11,13,15H2,1-2H3,(H2,24,25). The van der Waals surface area contributed by atoms with Crippen molar-refractivity contribution in [1.82, 2.24) is 9.80 Å². The topological polar surface area (TPSA) is 88.2 Å². The zero-order chi connectivity index (χ0) is 21.3. The third-order valence-electron chi connectivity index (χ3n) is 6.10. The molecule has 0 saturated carbocycles. The second-order valence-corrected chi connectivity index (χ2v) is 7.79. The van der Waals surface area contributed by atoms with Crippen LogP contribution in [0.25, 0.3) is 0 Å². The molecule has 4 rings (SSSR count). The number of carbonyl (C=O) groups excluding carboxylic acids is 2. The lowest BCUT2D eigenvalue weighted by atomic mass is 9.74. The van der Waals surface area contributed by atoms with E-state index in [9.17, 15) is 9.59 Å². The van der Waals surface area contributed by atoms with Crippen LogP contribution >= 0.6 is 0 Å². The number of likely N-dealkylation sites (N-methyl/N-ethyl adjacent to an activating group) is 1. The number of benzene rings is 2. The molecule has 2 heterocycles. The lowest BCUT2D eigenvalue weighted by molar-refractivity contribution is -0.133. The number of aliphatic imine (C=N–C) groups is 1. The molecule has 1 saturated heterocycles. The molecule has 156 valence electrons. The summed E-state index contributed by atoms with van der Waals surface area (Å²) in [6, 6.07) is 16.7. The Bertz CT molecular complexity index is 991. The molecule has 2 unspecified atom stereocenters. The van der Waals surface area contributed by atoms with Crippen LogP contribution in [0.5, 0.6) is 5.75 Å². The van der Waals surface area contributed by atoms with Gasteiger partial charge in [-0.2, -0.15) is 0 Å². The summed E-state index contributed by atoms with van der Waals surface area (Å²) < 4.78 is 5.25. The molecule has 2 atom stereocenters. The minimum absolute atomic E-state index is 0.0717. The molecular weight excluding hydrogens is 380 g/mol. The van der Waals surface area contributed by atoms with Crippen molar-refractivity contribution in [3.05, 3.63) is 65.7 Å². The van der Waals surface area contributed by atoms with E-state index >= 15 is 0 Å². The Hall–Kier alpha value is -3.35. The quantitative estimate of drug-likeness (QED) is 0.843. The number of methoxy groups -OCH3 is 1. The lowest BCUT2D eigenvalue weighted by Gasteiger charge is -2.40. The summed E-state index contributed by atoms with van der Waals surface area (Å²) in [5.41, 5.74) is 6.34. The second-order valence-electron chi connectivity index (χ2n) is 7.79. The van der Waals surface area contributed by atoms with Gasteiger partial charge in [-0.1, -0.05) is 36.4 Å². The first kappa shape index (κ1) is 19.9. The van der Waals surface area contributed by atoms with Crippen LogP contribution < -0.4 is 10.5 Å². The third kappa shape index (κ3) is 3.20. The maximum absolute atomic E-state index is 13.4. The largest absolute Gasteiger partial charge is 0.497 e. The van der Waals surface area contributed by atoms with Gasteiger partial charge in [-0.3, -0.25) is 14.5 Å². The van der Waals surface area contributed by atoms with Gasteiger partial charge in [0.2, 0.25) is 0 Å². The Morgan fingerprint density at radius 1 is 1.20 bits per heavy atom. The van der Waals surface area contributed by atoms with E-state index in [2.05, 4.69) is 4.99 Å². The Labute approximate surface area is 176 Å². The first-order valence-electron chi connectivity index (χ1n) is 10.1. The van der Waals surface area contributed by atoms with E-state index in [1.807, 2.05) is 41.3 Å². The number of nitrogens with zero attached hydrogens (tertiary/aromatic N) is 3. The summed E-state index contributed by atoms with van der Waals surface area (Å²) in [5, 5.41) is 0. The normalized spacial score (nSPS) is 24.0. The molecule has 2 aromatic carbocycles. The molecule has 2 aliphatic rings. The number of hydrogen-bond acceptors (Lipinski definition) is 5. The van der Waals surface area contributed by atoms with Crippen molar-refractivity contribution in [2.24, 2.45) is 16.6 Å². The average Bonchev–Trinajstić information content (AvgIpc) is 3.04. The lowest BCUT2D eigenvalue weighted by Crippen LogP contribution is -2.51. The number of likely N-dealkylation sites (tertiary alicyclic amines) is 1. The van der Waals surface area contributed by atoms with Gasteiger partial charge in [-0.25, -0.2) is 4.99 Å². The van der Waals surface area contributed by atoms with Crippen LogP contribution in [0.2, 0.25) is 0 Å². The maximum atomic E-state index is 13.4. The molecule has 2 aliphatic heterocycles. The Balaban J connectivity index is 1.68. The van der Waals surface area contributed by atoms with Gasteiger partial charge in [0.25, 0.3) is 11.8 Å². The molecule has 7 heteroatoms. The number of amides is 2. The van der Waals surface area contributed by atoms with Gasteiger partial charge >= 0.3 is 0 Å². The van der Waals surface area contributed by atoms with Crippen molar-refractivity contribution >= 4 is 17.8 Å². The van der Waals surface area contributed by atoms with Crippen molar-refractivity contribution in [3.63, 3.8) is 0 Å². The Morgan fingerprint density at radius 3 is 2.63 bits per heavy atom. The fraction of sp³-hybridized carbons (Fsp3) is 0.348. The molecule has 0 bridgehead atoms. The number of nitrogens with two attached hydrogens (primary N) is 1. The summed E-state index contributed by atoms with van der Waals surface area (Å²) in [6.45, 7) is 1.07. The Morgan fingerprint density at radius 2 is 1.97 bits per heavy atom. The monoisotopic (exact) mass is 406 g/mol.